The smallest absolute Gasteiger partial charge is 0.325 e. The quantitative estimate of drug-likeness (QED) is 0.0299. The topological polar surface area (TPSA) is 489 Å². The van der Waals surface area contributed by atoms with E-state index in [4.69, 9.17) is 22.9 Å². The van der Waals surface area contributed by atoms with Gasteiger partial charge in [-0.1, -0.05) is 54.0 Å². The van der Waals surface area contributed by atoms with E-state index in [-0.39, 0.29) is 74.4 Å². The number of phenolic OH excluding ortho intramolecular Hbond substituents is 1. The zero-order valence-electron chi connectivity index (χ0n) is 45.1. The van der Waals surface area contributed by atoms with E-state index >= 15 is 0 Å². The number of amides is 10. The van der Waals surface area contributed by atoms with Crippen molar-refractivity contribution in [2.75, 3.05) is 44.2 Å². The lowest BCUT2D eigenvalue weighted by molar-refractivity contribution is -0.141. The summed E-state index contributed by atoms with van der Waals surface area (Å²) >= 11 is 0. The number of benzene rings is 1. The fraction of sp³-hybridized carbons (Fsp3) is 0.604. The largest absolute Gasteiger partial charge is 0.508 e. The average molecular weight is 1160 g/mol. The number of hydrogen-bond donors (Lipinski definition) is 17. The first kappa shape index (κ1) is 66.7. The Kier molecular flexibility index (Phi) is 28.7. The summed E-state index contributed by atoms with van der Waals surface area (Å²) < 4.78 is 0. The van der Waals surface area contributed by atoms with Gasteiger partial charge in [0.25, 0.3) is 0 Å². The average Bonchev–Trinajstić information content (AvgIpc) is 3.97. The molecule has 10 atom stereocenters. The molecule has 3 rings (SSSR count). The minimum atomic E-state index is -1.43. The third kappa shape index (κ3) is 24.2. The van der Waals surface area contributed by atoms with Crippen molar-refractivity contribution < 1.29 is 63.0 Å². The number of nitrogens with one attached hydrogen (secondary N) is 11. The maximum absolute atomic E-state index is 14.3. The Labute approximate surface area is 470 Å². The highest BCUT2D eigenvalue weighted by molar-refractivity contribution is 8.76. The van der Waals surface area contributed by atoms with Gasteiger partial charge in [0, 0.05) is 31.0 Å². The molecule has 2 aliphatic rings. The van der Waals surface area contributed by atoms with E-state index in [1.165, 1.54) is 38.1 Å². The van der Waals surface area contributed by atoms with Gasteiger partial charge < -0.3 is 91.6 Å². The summed E-state index contributed by atoms with van der Waals surface area (Å²) in [6.45, 7) is 5.08. The van der Waals surface area contributed by atoms with Crippen LogP contribution in [0.15, 0.2) is 34.3 Å². The molecule has 0 unspecified atom stereocenters. The summed E-state index contributed by atoms with van der Waals surface area (Å²) in [6.07, 6.45) is 1.40. The molecule has 444 valence electrons. The van der Waals surface area contributed by atoms with Crippen LogP contribution in [0.1, 0.15) is 78.2 Å². The van der Waals surface area contributed by atoms with Crippen molar-refractivity contribution in [3.05, 3.63) is 29.8 Å². The summed E-state index contributed by atoms with van der Waals surface area (Å²) in [6, 6.07) is -5.95. The van der Waals surface area contributed by atoms with Crippen molar-refractivity contribution in [3.8, 4) is 5.75 Å². The molecule has 0 spiro atoms. The number of phenols is 1. The molecule has 0 aromatic heterocycles. The van der Waals surface area contributed by atoms with Gasteiger partial charge in [-0.25, -0.2) is 0 Å². The molecule has 0 bridgehead atoms. The summed E-state index contributed by atoms with van der Waals surface area (Å²) in [7, 11) is 1.93. The maximum atomic E-state index is 14.3. The van der Waals surface area contributed by atoms with Crippen LogP contribution in [-0.4, -0.2) is 186 Å². The van der Waals surface area contributed by atoms with Crippen molar-refractivity contribution >= 4 is 98.5 Å². The van der Waals surface area contributed by atoms with Gasteiger partial charge in [0.15, 0.2) is 11.9 Å². The Morgan fingerprint density at radius 2 is 1.26 bits per heavy atom. The molecule has 0 saturated carbocycles. The predicted molar refractivity (Wildman–Crippen MR) is 297 cm³/mol. The Bertz CT molecular complexity index is 2390. The van der Waals surface area contributed by atoms with Crippen LogP contribution in [0.25, 0.3) is 0 Å². The van der Waals surface area contributed by atoms with Crippen LogP contribution in [0.3, 0.4) is 0 Å². The molecular weight excluding hydrogens is 1090 g/mol. The number of carboxylic acid groups (broad SMARTS) is 1. The molecule has 10 amide bonds. The zero-order chi connectivity index (χ0) is 59.5. The molecule has 2 fully saturated rings. The van der Waals surface area contributed by atoms with Gasteiger partial charge in [0.1, 0.15) is 54.1 Å². The number of aromatic hydroxyl groups is 1. The predicted octanol–water partition coefficient (Wildman–Crippen LogP) is -5.53. The molecule has 21 N–H and O–H groups in total. The third-order valence-corrected chi connectivity index (χ3v) is 14.9. The van der Waals surface area contributed by atoms with Crippen LogP contribution in [0.2, 0.25) is 0 Å². The Morgan fingerprint density at radius 1 is 0.688 bits per heavy atom. The molecule has 1 aromatic carbocycles. The number of rotatable bonds is 17. The highest BCUT2D eigenvalue weighted by atomic mass is 33.1. The first-order chi connectivity index (χ1) is 37.9. The van der Waals surface area contributed by atoms with Crippen molar-refractivity contribution in [1.29, 1.82) is 0 Å². The van der Waals surface area contributed by atoms with Crippen LogP contribution >= 0.6 is 21.6 Å². The normalized spacial score (nSPS) is 24.5. The first-order valence-electron chi connectivity index (χ1n) is 25.9. The lowest BCUT2D eigenvalue weighted by Gasteiger charge is -2.29. The van der Waals surface area contributed by atoms with E-state index < -0.39 is 138 Å². The number of nitrogens with zero attached hydrogens (tertiary/aromatic N) is 2. The highest BCUT2D eigenvalue weighted by Gasteiger charge is 2.35. The van der Waals surface area contributed by atoms with E-state index in [1.54, 1.807) is 13.8 Å². The molecular formula is C48H77N17O13S2. The summed E-state index contributed by atoms with van der Waals surface area (Å²) in [5.41, 5.74) is 22.5. The number of hydrogen-bond acceptors (Lipinski definition) is 17. The second-order valence-corrected chi connectivity index (χ2v) is 21.6. The lowest BCUT2D eigenvalue weighted by atomic mass is 9.96. The summed E-state index contributed by atoms with van der Waals surface area (Å²) in [4.78, 5) is 157. The molecule has 2 saturated heterocycles. The van der Waals surface area contributed by atoms with Gasteiger partial charge in [0.2, 0.25) is 59.1 Å². The van der Waals surface area contributed by atoms with Crippen LogP contribution in [0.5, 0.6) is 5.75 Å². The van der Waals surface area contributed by atoms with Crippen LogP contribution in [0, 0.1) is 5.92 Å². The lowest BCUT2D eigenvalue weighted by Crippen LogP contribution is -2.60. The van der Waals surface area contributed by atoms with E-state index in [0.29, 0.717) is 31.4 Å². The Hall–Kier alpha value is -7.61. The maximum Gasteiger partial charge on any atom is 0.325 e. The molecule has 1 aromatic rings. The highest BCUT2D eigenvalue weighted by Crippen LogP contribution is 2.24. The molecule has 0 radical (unpaired) electrons. The van der Waals surface area contributed by atoms with Crippen molar-refractivity contribution in [2.45, 2.75) is 133 Å². The van der Waals surface area contributed by atoms with Gasteiger partial charge in [0.05, 0.1) is 19.1 Å². The first-order valence-corrected chi connectivity index (χ1v) is 28.4. The second kappa shape index (κ2) is 34.4. The fourth-order valence-electron chi connectivity index (χ4n) is 7.72. The second-order valence-electron chi connectivity index (χ2n) is 19.0. The molecule has 2 heterocycles. The summed E-state index contributed by atoms with van der Waals surface area (Å²) in [5.74, 6) is -11.3. The van der Waals surface area contributed by atoms with Gasteiger partial charge >= 0.3 is 5.97 Å². The van der Waals surface area contributed by atoms with Gasteiger partial charge in [-0.2, -0.15) is 0 Å². The third-order valence-electron chi connectivity index (χ3n) is 12.5. The molecule has 2 aliphatic heterocycles. The monoisotopic (exact) mass is 1160 g/mol. The van der Waals surface area contributed by atoms with Gasteiger partial charge in [-0.3, -0.25) is 62.7 Å². The van der Waals surface area contributed by atoms with Crippen LogP contribution in [-0.2, 0) is 59.2 Å². The molecule has 0 aliphatic carbocycles. The number of aliphatic imine (C=N–C) groups is 2. The number of carbonyl (C=O) groups is 11. The minimum absolute atomic E-state index is 0.0273. The number of carboxylic acids is 1. The van der Waals surface area contributed by atoms with Crippen LogP contribution < -0.4 is 81.4 Å². The fourth-order valence-corrected chi connectivity index (χ4v) is 10.0. The van der Waals surface area contributed by atoms with Gasteiger partial charge in [-0.15, -0.1) is 0 Å². The van der Waals surface area contributed by atoms with E-state index in [2.05, 4.69) is 68.5 Å². The summed E-state index contributed by atoms with van der Waals surface area (Å²) in [5, 5.41) is 47.8. The Morgan fingerprint density at radius 3 is 1.84 bits per heavy atom. The number of nitrogens with two attached hydrogens (primary N) is 4. The van der Waals surface area contributed by atoms with Gasteiger partial charge in [-0.05, 0) is 82.5 Å². The van der Waals surface area contributed by atoms with Crippen molar-refractivity contribution in [1.82, 2.24) is 58.5 Å². The van der Waals surface area contributed by atoms with Crippen molar-refractivity contribution in [2.24, 2.45) is 38.8 Å². The standard InChI is InChI=1S/C48H77N17O13S2/c1-5-24(2)37-45(76)63-32(19-27-12-14-28(66)15-13-27)39(70)57-20-35(67)56-21-36(68)60-33(43(74)59-26(4)46(77)78)22-79-80-23-34(64-40(71)29-9-6-16-53-29)44(75)62-30(10-7-17-54-47(49)50)41(72)58-25(3)38(69)61-31(42(73)65-37)11-8-18-55-48(51)52/h12-15,24-26,29-34,37,53,66H,5-11,16-23H2,1-4H3,(H,56,67)(H,57,70)(H,58,72)(H,59,74)(H,60,68)(H,61,69)(H,62,75)(H,63,76)(H,64,71)(H,65,73)(H,77,78)(H4,49,50,54)(H4,51,52,55)/t24-,25-,26-,29-,30-,31-,32-,33-,34-,37-/m0/s1. The Balaban J connectivity index is 2.09. The molecule has 30 nitrogen and oxygen atoms in total. The number of aliphatic carboxylic acids is 1. The number of carbonyl (C=O) groups excluding carboxylic acids is 10. The van der Waals surface area contributed by atoms with Crippen LogP contribution in [0.4, 0.5) is 0 Å². The zero-order valence-corrected chi connectivity index (χ0v) is 46.7. The number of guanidine groups is 2. The van der Waals surface area contributed by atoms with Crippen molar-refractivity contribution in [3.63, 3.8) is 0 Å². The molecule has 80 heavy (non-hydrogen) atoms. The van der Waals surface area contributed by atoms with E-state index in [1.807, 2.05) is 0 Å². The van der Waals surface area contributed by atoms with E-state index in [0.717, 1.165) is 21.6 Å². The SMILES string of the molecule is CC[C@H](C)[C@@H]1NC(=O)[C@H](CCCN=C(N)N)NC(=O)[C@H](C)NC(=O)[C@H](CCCN=C(N)N)NC(=O)[C@@H](NC(=O)[C@@H]2CCCN2)CSSC[C@@H](C(=O)N[C@@H](C)C(=O)O)NC(=O)CNC(=O)CNC(=O)[C@H](Cc2ccc(O)cc2)NC1=O. The molecule has 32 heteroatoms. The minimum Gasteiger partial charge on any atom is -0.508 e. The van der Waals surface area contributed by atoms with E-state index in [9.17, 15) is 63.0 Å².